The van der Waals surface area contributed by atoms with E-state index in [1.807, 2.05) is 24.8 Å². The summed E-state index contributed by atoms with van der Waals surface area (Å²) in [5.41, 5.74) is 0. The van der Waals surface area contributed by atoms with E-state index in [4.69, 9.17) is 4.42 Å². The molecule has 2 heterocycles. The molecular weight excluding hydrogens is 427 g/mol. The molecule has 3 N–H and O–H groups in total. The van der Waals surface area contributed by atoms with Crippen LogP contribution in [0.25, 0.3) is 0 Å². The topological polar surface area (TPSA) is 78.7 Å². The summed E-state index contributed by atoms with van der Waals surface area (Å²) in [6.07, 6.45) is 4.13. The molecule has 130 valence electrons. The van der Waals surface area contributed by atoms with Gasteiger partial charge in [0, 0.05) is 18.3 Å². The van der Waals surface area contributed by atoms with Crippen LogP contribution in [0.1, 0.15) is 25.5 Å². The van der Waals surface area contributed by atoms with Crippen LogP contribution in [0.2, 0.25) is 0 Å². The number of carbonyl (C=O) groups excluding carboxylic acids is 1. The van der Waals surface area contributed by atoms with Crippen LogP contribution in [-0.4, -0.2) is 42.5 Å². The first-order chi connectivity index (χ1) is 10.8. The third kappa shape index (κ3) is 7.96. The summed E-state index contributed by atoms with van der Waals surface area (Å²) in [6, 6.07) is 3.63. The lowest BCUT2D eigenvalue weighted by Crippen LogP contribution is -2.41. The van der Waals surface area contributed by atoms with Gasteiger partial charge >= 0.3 is 0 Å². The Hall–Kier alpha value is -0.900. The predicted molar refractivity (Wildman–Crippen MR) is 105 cm³/mol. The largest absolute Gasteiger partial charge is 0.467 e. The Kier molecular flexibility index (Phi) is 10.2. The van der Waals surface area contributed by atoms with Gasteiger partial charge in [-0.25, -0.2) is 4.99 Å². The second-order valence-electron chi connectivity index (χ2n) is 5.07. The van der Waals surface area contributed by atoms with Crippen molar-refractivity contribution in [3.8, 4) is 0 Å². The summed E-state index contributed by atoms with van der Waals surface area (Å²) < 4.78 is 5.17. The average molecular weight is 452 g/mol. The number of carbonyl (C=O) groups is 1. The second kappa shape index (κ2) is 11.6. The minimum absolute atomic E-state index is 0. The van der Waals surface area contributed by atoms with Gasteiger partial charge in [-0.05, 0) is 37.7 Å². The molecule has 0 bridgehead atoms. The van der Waals surface area contributed by atoms with Crippen molar-refractivity contribution in [3.63, 3.8) is 0 Å². The van der Waals surface area contributed by atoms with E-state index in [0.717, 1.165) is 18.8 Å². The van der Waals surface area contributed by atoms with Crippen LogP contribution in [0, 0.1) is 0 Å². The van der Waals surface area contributed by atoms with Gasteiger partial charge in [-0.3, -0.25) is 4.79 Å². The van der Waals surface area contributed by atoms with E-state index in [1.165, 1.54) is 18.6 Å². The molecule has 1 saturated heterocycles. The molecule has 1 unspecified atom stereocenters. The summed E-state index contributed by atoms with van der Waals surface area (Å²) >= 11 is 2.00. The number of hydrogen-bond donors (Lipinski definition) is 3. The molecule has 0 spiro atoms. The Balaban J connectivity index is 0.00000264. The molecule has 1 aliphatic heterocycles. The number of nitrogens with one attached hydrogen (secondary N) is 3. The van der Waals surface area contributed by atoms with E-state index >= 15 is 0 Å². The van der Waals surface area contributed by atoms with E-state index in [0.29, 0.717) is 17.8 Å². The molecule has 0 saturated carbocycles. The average Bonchev–Trinajstić information content (AvgIpc) is 3.21. The monoisotopic (exact) mass is 452 g/mol. The molecule has 2 rings (SSSR count). The Labute approximate surface area is 158 Å². The number of guanidine groups is 1. The van der Waals surface area contributed by atoms with Crippen molar-refractivity contribution in [2.45, 2.75) is 31.6 Å². The molecule has 0 aliphatic carbocycles. The fourth-order valence-corrected chi connectivity index (χ4v) is 3.36. The molecule has 23 heavy (non-hydrogen) atoms. The summed E-state index contributed by atoms with van der Waals surface area (Å²) in [5.74, 6) is 2.56. The molecule has 0 aromatic carbocycles. The Morgan fingerprint density at radius 2 is 2.30 bits per heavy atom. The smallest absolute Gasteiger partial charge is 0.242 e. The van der Waals surface area contributed by atoms with Crippen LogP contribution >= 0.6 is 35.7 Å². The maximum atomic E-state index is 11.8. The highest BCUT2D eigenvalue weighted by molar-refractivity contribution is 14.0. The van der Waals surface area contributed by atoms with Crippen molar-refractivity contribution in [1.29, 1.82) is 0 Å². The molecule has 1 aliphatic rings. The van der Waals surface area contributed by atoms with Gasteiger partial charge in [0.25, 0.3) is 0 Å². The van der Waals surface area contributed by atoms with Gasteiger partial charge in [-0.1, -0.05) is 0 Å². The first-order valence-corrected chi connectivity index (χ1v) is 8.75. The third-order valence-corrected chi connectivity index (χ3v) is 4.68. The number of thioether (sulfide) groups is 1. The fraction of sp³-hybridized carbons (Fsp3) is 0.600. The van der Waals surface area contributed by atoms with E-state index < -0.39 is 0 Å². The van der Waals surface area contributed by atoms with Crippen LogP contribution in [0.3, 0.4) is 0 Å². The highest BCUT2D eigenvalue weighted by atomic mass is 127. The molecule has 1 aromatic heterocycles. The zero-order valence-corrected chi connectivity index (χ0v) is 16.5. The van der Waals surface area contributed by atoms with Crippen LogP contribution in [0.15, 0.2) is 27.8 Å². The lowest BCUT2D eigenvalue weighted by molar-refractivity contribution is -0.119. The number of aliphatic imine (C=N–C) groups is 1. The molecule has 1 fully saturated rings. The predicted octanol–water partition coefficient (Wildman–Crippen LogP) is 1.96. The van der Waals surface area contributed by atoms with Gasteiger partial charge in [-0.15, -0.1) is 24.0 Å². The maximum Gasteiger partial charge on any atom is 0.242 e. The van der Waals surface area contributed by atoms with Crippen LogP contribution < -0.4 is 16.0 Å². The Bertz CT molecular complexity index is 476. The van der Waals surface area contributed by atoms with E-state index in [1.54, 1.807) is 12.3 Å². The van der Waals surface area contributed by atoms with E-state index in [2.05, 4.69) is 20.9 Å². The molecule has 1 amide bonds. The van der Waals surface area contributed by atoms with E-state index in [-0.39, 0.29) is 36.4 Å². The second-order valence-corrected chi connectivity index (χ2v) is 6.48. The highest BCUT2D eigenvalue weighted by Crippen LogP contribution is 2.25. The van der Waals surface area contributed by atoms with Gasteiger partial charge in [0.2, 0.25) is 5.91 Å². The lowest BCUT2D eigenvalue weighted by Gasteiger charge is -2.14. The number of rotatable bonds is 7. The van der Waals surface area contributed by atoms with Gasteiger partial charge < -0.3 is 20.4 Å². The summed E-state index contributed by atoms with van der Waals surface area (Å²) in [7, 11) is 0. The molecule has 0 radical (unpaired) electrons. The van der Waals surface area contributed by atoms with Crippen molar-refractivity contribution in [1.82, 2.24) is 16.0 Å². The van der Waals surface area contributed by atoms with Gasteiger partial charge in [0.15, 0.2) is 5.96 Å². The highest BCUT2D eigenvalue weighted by Gasteiger charge is 2.15. The quantitative estimate of drug-likeness (QED) is 0.335. The molecule has 1 atom stereocenters. The zero-order chi connectivity index (χ0) is 15.6. The van der Waals surface area contributed by atoms with Crippen LogP contribution in [-0.2, 0) is 11.3 Å². The van der Waals surface area contributed by atoms with Crippen LogP contribution in [0.4, 0.5) is 0 Å². The van der Waals surface area contributed by atoms with Gasteiger partial charge in [0.1, 0.15) is 12.3 Å². The van der Waals surface area contributed by atoms with Crippen molar-refractivity contribution in [3.05, 3.63) is 24.2 Å². The number of halogens is 1. The minimum atomic E-state index is -0.121. The summed E-state index contributed by atoms with van der Waals surface area (Å²) in [4.78, 5) is 16.1. The Morgan fingerprint density at radius 3 is 2.96 bits per heavy atom. The summed E-state index contributed by atoms with van der Waals surface area (Å²) in [6.45, 7) is 4.18. The molecule has 8 heteroatoms. The van der Waals surface area contributed by atoms with Gasteiger partial charge in [-0.2, -0.15) is 11.8 Å². The van der Waals surface area contributed by atoms with Crippen molar-refractivity contribution < 1.29 is 9.21 Å². The molecular formula is C15H25IN4O2S. The third-order valence-electron chi connectivity index (χ3n) is 3.29. The van der Waals surface area contributed by atoms with Crippen molar-refractivity contribution in [2.75, 3.05) is 25.4 Å². The number of nitrogens with zero attached hydrogens (tertiary/aromatic N) is 1. The zero-order valence-electron chi connectivity index (χ0n) is 13.3. The summed E-state index contributed by atoms with van der Waals surface area (Å²) in [5, 5.41) is 9.90. The van der Waals surface area contributed by atoms with Crippen LogP contribution in [0.5, 0.6) is 0 Å². The molecule has 1 aromatic rings. The van der Waals surface area contributed by atoms with Gasteiger partial charge in [0.05, 0.1) is 12.8 Å². The van der Waals surface area contributed by atoms with Crippen molar-refractivity contribution >= 4 is 47.6 Å². The number of hydrogen-bond acceptors (Lipinski definition) is 4. The first kappa shape index (κ1) is 20.1. The maximum absolute atomic E-state index is 11.8. The molecule has 6 nitrogen and oxygen atoms in total. The standard InChI is InChI=1S/C15H24N4O2S.HI/c1-2-16-15(18-10-13-6-4-8-22-13)19-11-14(20)17-9-12-5-3-7-21-12;/h3,5,7,13H,2,4,6,8-11H2,1H3,(H,17,20)(H2,16,18,19);1H. The lowest BCUT2D eigenvalue weighted by atomic mass is 10.2. The van der Waals surface area contributed by atoms with Crippen molar-refractivity contribution in [2.24, 2.45) is 4.99 Å². The number of amides is 1. The normalized spacial score (nSPS) is 17.4. The Morgan fingerprint density at radius 1 is 1.43 bits per heavy atom. The van der Waals surface area contributed by atoms with E-state index in [9.17, 15) is 4.79 Å². The minimum Gasteiger partial charge on any atom is -0.467 e. The number of furan rings is 1. The SMILES string of the molecule is CCNC(=NCC(=O)NCc1ccco1)NCC1CCCS1.I. The first-order valence-electron chi connectivity index (χ1n) is 7.70. The fourth-order valence-electron chi connectivity index (χ4n) is 2.16.